The van der Waals surface area contributed by atoms with Gasteiger partial charge in [0.1, 0.15) is 0 Å². The van der Waals surface area contributed by atoms with Crippen molar-refractivity contribution in [3.05, 3.63) is 57.5 Å². The van der Waals surface area contributed by atoms with Crippen LogP contribution in [0.5, 0.6) is 0 Å². The van der Waals surface area contributed by atoms with Gasteiger partial charge < -0.3 is 0 Å². The van der Waals surface area contributed by atoms with Gasteiger partial charge in [0.2, 0.25) is 0 Å². The van der Waals surface area contributed by atoms with E-state index < -0.39 is 0 Å². The number of halogens is 2. The second-order valence-corrected chi connectivity index (χ2v) is 6.08. The van der Waals surface area contributed by atoms with Crippen molar-refractivity contribution in [1.82, 2.24) is 0 Å². The minimum atomic E-state index is 0.0225. The molecule has 0 radical (unpaired) electrons. The van der Waals surface area contributed by atoms with Crippen molar-refractivity contribution in [1.29, 1.82) is 0 Å². The summed E-state index contributed by atoms with van der Waals surface area (Å²) in [5.41, 5.74) is 0.636. The first kappa shape index (κ1) is 13.7. The Hall–Kier alpha value is -0.770. The van der Waals surface area contributed by atoms with Gasteiger partial charge in [-0.3, -0.25) is 4.79 Å². The average Bonchev–Trinajstić information content (AvgIpc) is 2.34. The second-order valence-electron chi connectivity index (χ2n) is 3.73. The summed E-state index contributed by atoms with van der Waals surface area (Å²) in [4.78, 5) is 13.3. The molecular formula is C14H10BrClOS. The molecule has 18 heavy (non-hydrogen) atoms. The normalized spacial score (nSPS) is 10.4. The number of ketones is 1. The molecule has 0 bridgehead atoms. The topological polar surface area (TPSA) is 17.1 Å². The Morgan fingerprint density at radius 1 is 1.17 bits per heavy atom. The van der Waals surface area contributed by atoms with Crippen LogP contribution in [0.2, 0.25) is 5.02 Å². The highest BCUT2D eigenvalue weighted by Gasteiger charge is 2.08. The number of carbonyl (C=O) groups is 1. The van der Waals surface area contributed by atoms with Crippen molar-refractivity contribution in [3.8, 4) is 0 Å². The van der Waals surface area contributed by atoms with Gasteiger partial charge in [-0.1, -0.05) is 41.6 Å². The van der Waals surface area contributed by atoms with Gasteiger partial charge in [-0.15, -0.1) is 0 Å². The van der Waals surface area contributed by atoms with E-state index >= 15 is 0 Å². The number of hydrogen-bond acceptors (Lipinski definition) is 2. The predicted octanol–water partition coefficient (Wildman–Crippen LogP) is 5.46. The summed E-state index contributed by atoms with van der Waals surface area (Å²) in [6.45, 7) is 1.53. The third-order valence-electron chi connectivity index (χ3n) is 2.39. The lowest BCUT2D eigenvalue weighted by atomic mass is 10.1. The van der Waals surface area contributed by atoms with Crippen LogP contribution in [0, 0.1) is 0 Å². The fourth-order valence-corrected chi connectivity index (χ4v) is 3.11. The highest BCUT2D eigenvalue weighted by molar-refractivity contribution is 9.10. The summed E-state index contributed by atoms with van der Waals surface area (Å²) in [7, 11) is 0. The van der Waals surface area contributed by atoms with Gasteiger partial charge in [0, 0.05) is 19.8 Å². The molecule has 0 atom stereocenters. The number of rotatable bonds is 3. The average molecular weight is 342 g/mol. The fraction of sp³-hybridized carbons (Fsp3) is 0.0714. The highest BCUT2D eigenvalue weighted by atomic mass is 79.9. The first-order valence-corrected chi connectivity index (χ1v) is 7.29. The maximum absolute atomic E-state index is 11.2. The van der Waals surface area contributed by atoms with Crippen molar-refractivity contribution in [2.45, 2.75) is 16.7 Å². The van der Waals surface area contributed by atoms with E-state index in [0.717, 1.165) is 14.3 Å². The van der Waals surface area contributed by atoms with Gasteiger partial charge in [0.15, 0.2) is 5.78 Å². The molecule has 0 aromatic heterocycles. The Morgan fingerprint density at radius 3 is 2.50 bits per heavy atom. The van der Waals surface area contributed by atoms with Crippen LogP contribution >= 0.6 is 39.3 Å². The molecule has 1 nitrogen and oxygen atoms in total. The minimum Gasteiger partial charge on any atom is -0.295 e. The molecule has 2 aromatic carbocycles. The standard InChI is InChI=1S/C14H10BrClOS/c1-9(17)10-6-7-14(12(16)8-10)18-13-5-3-2-4-11(13)15/h2-8H,1H3. The lowest BCUT2D eigenvalue weighted by molar-refractivity contribution is 0.101. The largest absolute Gasteiger partial charge is 0.295 e. The Morgan fingerprint density at radius 2 is 1.89 bits per heavy atom. The lowest BCUT2D eigenvalue weighted by Crippen LogP contribution is -1.91. The van der Waals surface area contributed by atoms with E-state index in [2.05, 4.69) is 15.9 Å². The second kappa shape index (κ2) is 5.91. The van der Waals surface area contributed by atoms with Crippen LogP contribution in [0.4, 0.5) is 0 Å². The Labute approximate surface area is 124 Å². The zero-order valence-corrected chi connectivity index (χ0v) is 12.8. The minimum absolute atomic E-state index is 0.0225. The zero-order chi connectivity index (χ0) is 13.1. The molecule has 0 amide bonds. The fourth-order valence-electron chi connectivity index (χ4n) is 1.45. The molecule has 0 spiro atoms. The summed E-state index contributed by atoms with van der Waals surface area (Å²) in [6.07, 6.45) is 0. The molecule has 0 aliphatic carbocycles. The van der Waals surface area contributed by atoms with Crippen molar-refractivity contribution in [3.63, 3.8) is 0 Å². The molecule has 0 aliphatic heterocycles. The maximum atomic E-state index is 11.2. The van der Waals surface area contributed by atoms with Crippen molar-refractivity contribution >= 4 is 45.1 Å². The number of benzene rings is 2. The Kier molecular flexibility index (Phi) is 4.49. The van der Waals surface area contributed by atoms with Crippen LogP contribution in [0.25, 0.3) is 0 Å². The molecule has 0 aliphatic rings. The molecule has 0 heterocycles. The van der Waals surface area contributed by atoms with Crippen LogP contribution in [0.15, 0.2) is 56.7 Å². The van der Waals surface area contributed by atoms with Crippen LogP contribution < -0.4 is 0 Å². The molecular weight excluding hydrogens is 332 g/mol. The molecule has 92 valence electrons. The van der Waals surface area contributed by atoms with E-state index in [9.17, 15) is 4.79 Å². The summed E-state index contributed by atoms with van der Waals surface area (Å²) in [5.74, 6) is 0.0225. The highest BCUT2D eigenvalue weighted by Crippen LogP contribution is 2.37. The smallest absolute Gasteiger partial charge is 0.159 e. The lowest BCUT2D eigenvalue weighted by Gasteiger charge is -2.07. The van der Waals surface area contributed by atoms with Gasteiger partial charge >= 0.3 is 0 Å². The van der Waals surface area contributed by atoms with Crippen molar-refractivity contribution < 1.29 is 4.79 Å². The first-order valence-electron chi connectivity index (χ1n) is 5.31. The third kappa shape index (κ3) is 3.16. The summed E-state index contributed by atoms with van der Waals surface area (Å²) in [6, 6.07) is 13.3. The van der Waals surface area contributed by atoms with E-state index in [0.29, 0.717) is 10.6 Å². The molecule has 0 saturated heterocycles. The molecule has 2 rings (SSSR count). The molecule has 0 fully saturated rings. The van der Waals surface area contributed by atoms with E-state index in [1.165, 1.54) is 6.92 Å². The van der Waals surface area contributed by atoms with Gasteiger partial charge in [-0.05, 0) is 47.1 Å². The molecule has 4 heteroatoms. The van der Waals surface area contributed by atoms with E-state index in [1.54, 1.807) is 23.9 Å². The third-order valence-corrected chi connectivity index (χ3v) is 4.93. The van der Waals surface area contributed by atoms with Gasteiger partial charge in [0.05, 0.1) is 5.02 Å². The predicted molar refractivity (Wildman–Crippen MR) is 79.7 cm³/mol. The number of Topliss-reactive ketones (excluding diaryl/α,β-unsaturated/α-hetero) is 1. The summed E-state index contributed by atoms with van der Waals surface area (Å²) >= 11 is 11.3. The Balaban J connectivity index is 2.30. The van der Waals surface area contributed by atoms with E-state index in [4.69, 9.17) is 11.6 Å². The number of hydrogen-bond donors (Lipinski definition) is 0. The van der Waals surface area contributed by atoms with E-state index in [1.807, 2.05) is 30.3 Å². The summed E-state index contributed by atoms with van der Waals surface area (Å²) < 4.78 is 1.03. The molecule has 0 saturated carbocycles. The summed E-state index contributed by atoms with van der Waals surface area (Å²) in [5, 5.41) is 0.600. The van der Waals surface area contributed by atoms with Crippen molar-refractivity contribution in [2.24, 2.45) is 0 Å². The van der Waals surface area contributed by atoms with Crippen LogP contribution in [-0.2, 0) is 0 Å². The van der Waals surface area contributed by atoms with Gasteiger partial charge in [-0.2, -0.15) is 0 Å². The quantitative estimate of drug-likeness (QED) is 0.690. The zero-order valence-electron chi connectivity index (χ0n) is 9.61. The van der Waals surface area contributed by atoms with E-state index in [-0.39, 0.29) is 5.78 Å². The molecule has 0 N–H and O–H groups in total. The monoisotopic (exact) mass is 340 g/mol. The number of carbonyl (C=O) groups excluding carboxylic acids is 1. The SMILES string of the molecule is CC(=O)c1ccc(Sc2ccccc2Br)c(Cl)c1. The first-order chi connectivity index (χ1) is 8.58. The van der Waals surface area contributed by atoms with Crippen molar-refractivity contribution in [2.75, 3.05) is 0 Å². The van der Waals surface area contributed by atoms with Crippen LogP contribution in [0.1, 0.15) is 17.3 Å². The van der Waals surface area contributed by atoms with Crippen LogP contribution in [-0.4, -0.2) is 5.78 Å². The Bertz CT molecular complexity index is 598. The van der Waals surface area contributed by atoms with Gasteiger partial charge in [-0.25, -0.2) is 0 Å². The van der Waals surface area contributed by atoms with Crippen LogP contribution in [0.3, 0.4) is 0 Å². The maximum Gasteiger partial charge on any atom is 0.159 e. The molecule has 0 unspecified atom stereocenters. The van der Waals surface area contributed by atoms with Gasteiger partial charge in [0.25, 0.3) is 0 Å². The molecule has 2 aromatic rings.